The van der Waals surface area contributed by atoms with Gasteiger partial charge in [-0.2, -0.15) is 5.26 Å². The molecule has 1 heterocycles. The molecule has 0 spiro atoms. The monoisotopic (exact) mass is 386 g/mol. The summed E-state index contributed by atoms with van der Waals surface area (Å²) in [5, 5.41) is 23.5. The maximum atomic E-state index is 11.0. The molecule has 28 heavy (non-hydrogen) atoms. The van der Waals surface area contributed by atoms with Gasteiger partial charge in [0.1, 0.15) is 42.0 Å². The summed E-state index contributed by atoms with van der Waals surface area (Å²) in [5.41, 5.74) is 0.448. The molecule has 0 amide bonds. The summed E-state index contributed by atoms with van der Waals surface area (Å²) in [5.74, 6) is 2.81. The van der Waals surface area contributed by atoms with Gasteiger partial charge in [-0.1, -0.05) is 6.92 Å². The molecular weight excluding hydrogens is 360 g/mol. The number of nitriles is 1. The molecule has 2 rings (SSSR count). The Hall–Kier alpha value is -2.78. The third-order valence-corrected chi connectivity index (χ3v) is 4.76. The fourth-order valence-electron chi connectivity index (χ4n) is 3.04. The van der Waals surface area contributed by atoms with Crippen LogP contribution in [0.4, 0.5) is 0 Å². The van der Waals surface area contributed by atoms with Crippen LogP contribution in [0.2, 0.25) is 0 Å². The molecule has 7 heteroatoms. The first-order chi connectivity index (χ1) is 13.5. The highest BCUT2D eigenvalue weighted by Gasteiger charge is 2.44. The number of hydrogen-bond donors (Lipinski definition) is 2. The number of fused-ring (bicyclic) bond motifs is 1. The van der Waals surface area contributed by atoms with Crippen LogP contribution in [0.1, 0.15) is 44.4 Å². The zero-order chi connectivity index (χ0) is 20.6. The number of benzene rings is 1. The third kappa shape index (κ3) is 4.93. The quantitative estimate of drug-likeness (QED) is 0.382. The Morgan fingerprint density at radius 2 is 2.25 bits per heavy atom. The number of hydrogen-bond acceptors (Lipinski definition) is 7. The van der Waals surface area contributed by atoms with Gasteiger partial charge in [0.25, 0.3) is 0 Å². The van der Waals surface area contributed by atoms with Crippen LogP contribution in [0.3, 0.4) is 0 Å². The van der Waals surface area contributed by atoms with Crippen LogP contribution in [0.5, 0.6) is 5.75 Å². The largest absolute Gasteiger partial charge is 0.494 e. The highest BCUT2D eigenvalue weighted by Crippen LogP contribution is 2.41. The van der Waals surface area contributed by atoms with Gasteiger partial charge in [0.15, 0.2) is 0 Å². The SMILES string of the molecule is CCOC(=COCC=C=O)CNC1c2cc(C#N)ccc2O[C@@](C)(CC)[C@@H]1O. The molecule has 0 fully saturated rings. The number of carbonyl (C=O) groups excluding carboxylic acids is 1. The van der Waals surface area contributed by atoms with Gasteiger partial charge in [-0.15, -0.1) is 0 Å². The number of rotatable bonds is 9. The van der Waals surface area contributed by atoms with E-state index in [1.165, 1.54) is 12.3 Å². The third-order valence-electron chi connectivity index (χ3n) is 4.76. The van der Waals surface area contributed by atoms with E-state index >= 15 is 0 Å². The van der Waals surface area contributed by atoms with Crippen LogP contribution in [-0.4, -0.2) is 42.5 Å². The number of nitrogens with zero attached hydrogens (tertiary/aromatic N) is 1. The lowest BCUT2D eigenvalue weighted by atomic mass is 9.83. The molecule has 1 aromatic carbocycles. The molecule has 2 N–H and O–H groups in total. The van der Waals surface area contributed by atoms with Gasteiger partial charge in [-0.3, -0.25) is 0 Å². The first-order valence-corrected chi connectivity index (χ1v) is 9.26. The summed E-state index contributed by atoms with van der Waals surface area (Å²) in [7, 11) is 0. The minimum Gasteiger partial charge on any atom is -0.494 e. The molecule has 0 aromatic heterocycles. The van der Waals surface area contributed by atoms with Crippen molar-refractivity contribution < 1.29 is 24.1 Å². The minimum atomic E-state index is -0.833. The second-order valence-corrected chi connectivity index (χ2v) is 6.61. The normalized spacial score (nSPS) is 23.6. The number of ether oxygens (including phenoxy) is 3. The lowest BCUT2D eigenvalue weighted by molar-refractivity contribution is -0.0782. The highest BCUT2D eigenvalue weighted by atomic mass is 16.5. The molecule has 0 bridgehead atoms. The van der Waals surface area contributed by atoms with Crippen molar-refractivity contribution in [2.75, 3.05) is 19.8 Å². The van der Waals surface area contributed by atoms with Crippen LogP contribution in [0.15, 0.2) is 36.3 Å². The van der Waals surface area contributed by atoms with Gasteiger partial charge in [0.2, 0.25) is 0 Å². The summed E-state index contributed by atoms with van der Waals surface area (Å²) in [6.07, 6.45) is 2.44. The molecule has 0 saturated heterocycles. The van der Waals surface area contributed by atoms with E-state index in [1.54, 1.807) is 24.1 Å². The zero-order valence-corrected chi connectivity index (χ0v) is 16.4. The number of nitrogens with one attached hydrogen (secondary N) is 1. The Labute approximate surface area is 165 Å². The number of aliphatic hydroxyl groups excluding tert-OH is 1. The second-order valence-electron chi connectivity index (χ2n) is 6.61. The van der Waals surface area contributed by atoms with E-state index in [4.69, 9.17) is 14.2 Å². The predicted octanol–water partition coefficient (Wildman–Crippen LogP) is 2.39. The summed E-state index contributed by atoms with van der Waals surface area (Å²) in [4.78, 5) is 10.2. The first-order valence-electron chi connectivity index (χ1n) is 9.26. The molecule has 1 aliphatic rings. The Balaban J connectivity index is 2.26. The van der Waals surface area contributed by atoms with Gasteiger partial charge in [0, 0.05) is 11.6 Å². The maximum absolute atomic E-state index is 11.0. The van der Waals surface area contributed by atoms with Crippen LogP contribution in [-0.2, 0) is 14.3 Å². The molecule has 0 radical (unpaired) electrons. The van der Waals surface area contributed by atoms with E-state index in [2.05, 4.69) is 11.4 Å². The molecule has 1 aliphatic heterocycles. The van der Waals surface area contributed by atoms with Crippen molar-refractivity contribution in [3.05, 3.63) is 47.4 Å². The lowest BCUT2D eigenvalue weighted by Gasteiger charge is -2.44. The first kappa shape index (κ1) is 21.5. The molecule has 3 atom stereocenters. The Kier molecular flexibility index (Phi) is 7.65. The van der Waals surface area contributed by atoms with Crippen molar-refractivity contribution >= 4 is 5.94 Å². The van der Waals surface area contributed by atoms with Gasteiger partial charge in [-0.25, -0.2) is 4.79 Å². The van der Waals surface area contributed by atoms with E-state index < -0.39 is 17.7 Å². The van der Waals surface area contributed by atoms with Gasteiger partial charge >= 0.3 is 0 Å². The van der Waals surface area contributed by atoms with Crippen molar-refractivity contribution in [3.8, 4) is 11.8 Å². The van der Waals surface area contributed by atoms with Crippen LogP contribution >= 0.6 is 0 Å². The van der Waals surface area contributed by atoms with E-state index in [9.17, 15) is 15.2 Å². The maximum Gasteiger partial charge on any atom is 0.144 e. The average Bonchev–Trinajstić information content (AvgIpc) is 2.71. The summed E-state index contributed by atoms with van der Waals surface area (Å²) >= 11 is 0. The minimum absolute atomic E-state index is 0.0994. The molecule has 1 unspecified atom stereocenters. The Bertz CT molecular complexity index is 794. The van der Waals surface area contributed by atoms with Gasteiger partial charge in [0.05, 0.1) is 30.8 Å². The van der Waals surface area contributed by atoms with Crippen molar-refractivity contribution in [3.63, 3.8) is 0 Å². The average molecular weight is 386 g/mol. The molecule has 150 valence electrons. The summed E-state index contributed by atoms with van der Waals surface area (Å²) in [6, 6.07) is 6.84. The zero-order valence-electron chi connectivity index (χ0n) is 16.4. The molecule has 1 aromatic rings. The standard InChI is InChI=1S/C21H26N2O5/c1-4-21(3)20(25)19(17-11-15(12-22)7-8-18(17)28-21)23-13-16(27-5-2)14-26-10-6-9-24/h6-8,11,14,19-20,23,25H,4-5,10,13H2,1-3H3/t19?,20-,21+/m1/s1. The fraction of sp³-hybridized carbons (Fsp3) is 0.476. The number of aliphatic hydroxyl groups is 1. The lowest BCUT2D eigenvalue weighted by Crippen LogP contribution is -2.54. The van der Waals surface area contributed by atoms with Crippen molar-refractivity contribution in [2.24, 2.45) is 0 Å². The summed E-state index contributed by atoms with van der Waals surface area (Å²) in [6.45, 7) is 6.50. The topological polar surface area (TPSA) is 101 Å². The Morgan fingerprint density at radius 3 is 2.89 bits per heavy atom. The van der Waals surface area contributed by atoms with E-state index in [-0.39, 0.29) is 13.2 Å². The smallest absolute Gasteiger partial charge is 0.144 e. The van der Waals surface area contributed by atoms with Crippen LogP contribution in [0, 0.1) is 11.3 Å². The highest BCUT2D eigenvalue weighted by molar-refractivity contribution is 5.46. The predicted molar refractivity (Wildman–Crippen MR) is 103 cm³/mol. The van der Waals surface area contributed by atoms with Crippen molar-refractivity contribution in [2.45, 2.75) is 44.9 Å². The van der Waals surface area contributed by atoms with Crippen molar-refractivity contribution in [1.29, 1.82) is 5.26 Å². The van der Waals surface area contributed by atoms with E-state index in [1.807, 2.05) is 20.8 Å². The van der Waals surface area contributed by atoms with Crippen LogP contribution < -0.4 is 10.1 Å². The Morgan fingerprint density at radius 1 is 1.46 bits per heavy atom. The van der Waals surface area contributed by atoms with Gasteiger partial charge < -0.3 is 24.6 Å². The van der Waals surface area contributed by atoms with Crippen molar-refractivity contribution in [1.82, 2.24) is 5.32 Å². The second kappa shape index (κ2) is 9.95. The molecule has 0 saturated carbocycles. The van der Waals surface area contributed by atoms with Crippen LogP contribution in [0.25, 0.3) is 0 Å². The fourth-order valence-corrected chi connectivity index (χ4v) is 3.04. The molecular formula is C21H26N2O5. The van der Waals surface area contributed by atoms with Gasteiger partial charge in [-0.05, 0) is 38.5 Å². The summed E-state index contributed by atoms with van der Waals surface area (Å²) < 4.78 is 16.8. The molecule has 7 nitrogen and oxygen atoms in total. The van der Waals surface area contributed by atoms with E-state index in [0.29, 0.717) is 30.1 Å². The molecule has 0 aliphatic carbocycles. The van der Waals surface area contributed by atoms with E-state index in [0.717, 1.165) is 5.56 Å².